The fraction of sp³-hybridized carbons (Fsp3) is 0.538. The largest absolute Gasteiger partial charge is 0.493 e. The molecule has 1 rings (SSSR count). The predicted molar refractivity (Wildman–Crippen MR) is 75.2 cm³/mol. The number of rotatable bonds is 6. The molecule has 2 N–H and O–H groups in total. The van der Waals surface area contributed by atoms with E-state index in [4.69, 9.17) is 15.4 Å². The maximum Gasteiger partial charge on any atom is 0.175 e. The van der Waals surface area contributed by atoms with Gasteiger partial charge in [-0.05, 0) is 45.5 Å². The van der Waals surface area contributed by atoms with Crippen LogP contribution in [0.4, 0.5) is 0 Å². The first-order valence-electron chi connectivity index (χ1n) is 5.81. The molecule has 0 atom stereocenters. The summed E-state index contributed by atoms with van der Waals surface area (Å²) < 4.78 is 11.7. The summed E-state index contributed by atoms with van der Waals surface area (Å²) in [5, 5.41) is 0. The number of benzene rings is 1. The molecule has 1 aromatic rings. The molecule has 0 bridgehead atoms. The van der Waals surface area contributed by atoms with Crippen LogP contribution >= 0.6 is 15.9 Å². The molecule has 0 fully saturated rings. The SMILES string of the molecule is COc1cc(CCON)c(C(C)C)c(Br)c1OC. The quantitative estimate of drug-likeness (QED) is 0.819. The summed E-state index contributed by atoms with van der Waals surface area (Å²) in [7, 11) is 3.26. The summed E-state index contributed by atoms with van der Waals surface area (Å²) in [6.07, 6.45) is 0.739. The van der Waals surface area contributed by atoms with Gasteiger partial charge in [0.2, 0.25) is 0 Å². The number of hydrogen-bond donors (Lipinski definition) is 1. The first kappa shape index (κ1) is 15.3. The molecule has 0 radical (unpaired) electrons. The molecule has 0 aromatic heterocycles. The Labute approximate surface area is 116 Å². The van der Waals surface area contributed by atoms with Gasteiger partial charge in [0.1, 0.15) is 0 Å². The molecule has 0 saturated carbocycles. The highest BCUT2D eigenvalue weighted by atomic mass is 79.9. The van der Waals surface area contributed by atoms with Crippen LogP contribution in [0, 0.1) is 0 Å². The lowest BCUT2D eigenvalue weighted by Gasteiger charge is -2.19. The fourth-order valence-corrected chi connectivity index (χ4v) is 3.08. The minimum Gasteiger partial charge on any atom is -0.493 e. The molecule has 0 aliphatic heterocycles. The number of hydrogen-bond acceptors (Lipinski definition) is 4. The van der Waals surface area contributed by atoms with Crippen LogP contribution in [0.15, 0.2) is 10.5 Å². The van der Waals surface area contributed by atoms with Crippen LogP contribution in [-0.2, 0) is 11.3 Å². The van der Waals surface area contributed by atoms with Crippen LogP contribution in [0.2, 0.25) is 0 Å². The molecule has 1 aromatic carbocycles. The summed E-state index contributed by atoms with van der Waals surface area (Å²) in [6, 6.07) is 1.98. The molecule has 0 unspecified atom stereocenters. The Kier molecular flexibility index (Phi) is 5.91. The summed E-state index contributed by atoms with van der Waals surface area (Å²) in [5.41, 5.74) is 2.35. The van der Waals surface area contributed by atoms with Crippen molar-refractivity contribution in [2.24, 2.45) is 5.90 Å². The molecule has 0 saturated heterocycles. The van der Waals surface area contributed by atoms with Crippen LogP contribution in [0.5, 0.6) is 11.5 Å². The molecule has 0 amide bonds. The van der Waals surface area contributed by atoms with Crippen molar-refractivity contribution in [3.05, 3.63) is 21.7 Å². The van der Waals surface area contributed by atoms with E-state index in [1.165, 1.54) is 5.56 Å². The van der Waals surface area contributed by atoms with Gasteiger partial charge in [-0.25, -0.2) is 5.90 Å². The third kappa shape index (κ3) is 3.16. The fourth-order valence-electron chi connectivity index (χ4n) is 2.01. The van der Waals surface area contributed by atoms with Crippen molar-refractivity contribution in [1.82, 2.24) is 0 Å². The monoisotopic (exact) mass is 317 g/mol. The van der Waals surface area contributed by atoms with E-state index >= 15 is 0 Å². The number of halogens is 1. The predicted octanol–water partition coefficient (Wildman–Crippen LogP) is 3.02. The van der Waals surface area contributed by atoms with E-state index < -0.39 is 0 Å². The first-order valence-corrected chi connectivity index (χ1v) is 6.61. The van der Waals surface area contributed by atoms with E-state index in [0.29, 0.717) is 18.3 Å². The van der Waals surface area contributed by atoms with E-state index in [0.717, 1.165) is 22.2 Å². The van der Waals surface area contributed by atoms with Crippen LogP contribution in [-0.4, -0.2) is 20.8 Å². The van der Waals surface area contributed by atoms with Crippen molar-refractivity contribution in [3.63, 3.8) is 0 Å². The van der Waals surface area contributed by atoms with E-state index in [9.17, 15) is 0 Å². The Morgan fingerprint density at radius 1 is 1.28 bits per heavy atom. The summed E-state index contributed by atoms with van der Waals surface area (Å²) in [6.45, 7) is 4.75. The lowest BCUT2D eigenvalue weighted by atomic mass is 9.94. The minimum absolute atomic E-state index is 0.368. The lowest BCUT2D eigenvalue weighted by molar-refractivity contribution is 0.141. The van der Waals surface area contributed by atoms with Gasteiger partial charge in [0.05, 0.1) is 25.3 Å². The molecule has 0 spiro atoms. The maximum atomic E-state index is 5.39. The van der Waals surface area contributed by atoms with E-state index in [1.54, 1.807) is 14.2 Å². The second-order valence-electron chi connectivity index (χ2n) is 4.27. The lowest BCUT2D eigenvalue weighted by Crippen LogP contribution is -2.08. The molecule has 4 nitrogen and oxygen atoms in total. The molecule has 0 heterocycles. The summed E-state index contributed by atoms with van der Waals surface area (Å²) in [4.78, 5) is 4.66. The Morgan fingerprint density at radius 2 is 1.94 bits per heavy atom. The Balaban J connectivity index is 3.34. The van der Waals surface area contributed by atoms with E-state index in [-0.39, 0.29) is 0 Å². The van der Waals surface area contributed by atoms with Crippen LogP contribution in [0.1, 0.15) is 30.9 Å². The smallest absolute Gasteiger partial charge is 0.175 e. The van der Waals surface area contributed by atoms with Gasteiger partial charge in [0.25, 0.3) is 0 Å². The minimum atomic E-state index is 0.368. The number of nitrogens with two attached hydrogens (primary N) is 1. The van der Waals surface area contributed by atoms with Crippen LogP contribution in [0.3, 0.4) is 0 Å². The van der Waals surface area contributed by atoms with Crippen molar-refractivity contribution in [3.8, 4) is 11.5 Å². The molecule has 0 aliphatic carbocycles. The maximum absolute atomic E-state index is 5.39. The van der Waals surface area contributed by atoms with Gasteiger partial charge >= 0.3 is 0 Å². The van der Waals surface area contributed by atoms with Crippen molar-refractivity contribution < 1.29 is 14.3 Å². The molecular formula is C13H20BrNO3. The van der Waals surface area contributed by atoms with Gasteiger partial charge < -0.3 is 14.3 Å². The van der Waals surface area contributed by atoms with Gasteiger partial charge in [0, 0.05) is 0 Å². The average molecular weight is 318 g/mol. The second-order valence-corrected chi connectivity index (χ2v) is 5.07. The zero-order valence-corrected chi connectivity index (χ0v) is 12.8. The molecule has 0 aliphatic rings. The first-order chi connectivity index (χ1) is 8.56. The highest BCUT2D eigenvalue weighted by Gasteiger charge is 2.19. The van der Waals surface area contributed by atoms with Gasteiger partial charge in [-0.2, -0.15) is 0 Å². The zero-order valence-electron chi connectivity index (χ0n) is 11.2. The zero-order chi connectivity index (χ0) is 13.7. The topological polar surface area (TPSA) is 53.7 Å². The normalized spacial score (nSPS) is 10.8. The molecule has 5 heteroatoms. The van der Waals surface area contributed by atoms with E-state index in [2.05, 4.69) is 34.6 Å². The standard InChI is InChI=1S/C13H20BrNO3/c1-8(2)11-9(5-6-18-15)7-10(16-3)13(17-4)12(11)14/h7-8H,5-6,15H2,1-4H3. The van der Waals surface area contributed by atoms with Crippen molar-refractivity contribution in [1.29, 1.82) is 0 Å². The Morgan fingerprint density at radius 3 is 2.39 bits per heavy atom. The number of methoxy groups -OCH3 is 2. The van der Waals surface area contributed by atoms with Gasteiger partial charge in [-0.1, -0.05) is 13.8 Å². The summed E-state index contributed by atoms with van der Waals surface area (Å²) >= 11 is 3.60. The summed E-state index contributed by atoms with van der Waals surface area (Å²) in [5.74, 6) is 6.90. The molecule has 102 valence electrons. The third-order valence-corrected chi connectivity index (χ3v) is 3.59. The van der Waals surface area contributed by atoms with E-state index in [1.807, 2.05) is 6.07 Å². The van der Waals surface area contributed by atoms with Crippen molar-refractivity contribution >= 4 is 15.9 Å². The average Bonchev–Trinajstić information content (AvgIpc) is 2.34. The third-order valence-electron chi connectivity index (χ3n) is 2.80. The Hall–Kier alpha value is -0.780. The Bertz CT molecular complexity index is 408. The second kappa shape index (κ2) is 6.97. The van der Waals surface area contributed by atoms with Gasteiger partial charge in [-0.3, -0.25) is 0 Å². The van der Waals surface area contributed by atoms with Crippen LogP contribution in [0.25, 0.3) is 0 Å². The van der Waals surface area contributed by atoms with Crippen molar-refractivity contribution in [2.45, 2.75) is 26.2 Å². The van der Waals surface area contributed by atoms with Crippen molar-refractivity contribution in [2.75, 3.05) is 20.8 Å². The molecular weight excluding hydrogens is 298 g/mol. The highest BCUT2D eigenvalue weighted by molar-refractivity contribution is 9.10. The molecule has 18 heavy (non-hydrogen) atoms. The highest BCUT2D eigenvalue weighted by Crippen LogP contribution is 2.42. The van der Waals surface area contributed by atoms with Gasteiger partial charge in [0.15, 0.2) is 11.5 Å². The van der Waals surface area contributed by atoms with Crippen LogP contribution < -0.4 is 15.4 Å². The number of ether oxygens (including phenoxy) is 2. The van der Waals surface area contributed by atoms with Gasteiger partial charge in [-0.15, -0.1) is 0 Å².